The Kier molecular flexibility index (Phi) is 11.0. The Morgan fingerprint density at radius 2 is 1.90 bits per heavy atom. The van der Waals surface area contributed by atoms with Crippen molar-refractivity contribution in [3.05, 3.63) is 61.7 Å². The Labute approximate surface area is 247 Å². The molecule has 13 heteroatoms. The quantitative estimate of drug-likeness (QED) is 0.142. The Morgan fingerprint density at radius 3 is 2.55 bits per heavy atom. The topological polar surface area (TPSA) is 137 Å². The van der Waals surface area contributed by atoms with Gasteiger partial charge in [-0.3, -0.25) is 4.79 Å². The summed E-state index contributed by atoms with van der Waals surface area (Å²) in [4.78, 5) is 37.0. The molecule has 0 bridgehead atoms. The molecule has 0 fully saturated rings. The number of terminal acetylenes is 1. The lowest BCUT2D eigenvalue weighted by atomic mass is 9.95. The largest absolute Gasteiger partial charge is 0.493 e. The maximum Gasteiger partial charge on any atom is 0.338 e. The molecule has 3 N–H and O–H groups in total. The van der Waals surface area contributed by atoms with Gasteiger partial charge < -0.3 is 29.6 Å². The number of hydrazone groups is 1. The number of amides is 3. The molecule has 0 saturated heterocycles. The number of nitrogens with one attached hydrogen (secondary N) is 3. The van der Waals surface area contributed by atoms with Gasteiger partial charge in [-0.1, -0.05) is 12.0 Å². The van der Waals surface area contributed by atoms with E-state index < -0.39 is 23.9 Å². The molecule has 1 aliphatic heterocycles. The number of carbonyl (C=O) groups is 3. The van der Waals surface area contributed by atoms with E-state index in [0.29, 0.717) is 37.3 Å². The van der Waals surface area contributed by atoms with E-state index in [-0.39, 0.29) is 31.1 Å². The van der Waals surface area contributed by atoms with Crippen molar-refractivity contribution in [2.75, 3.05) is 26.9 Å². The van der Waals surface area contributed by atoms with Crippen molar-refractivity contribution in [2.45, 2.75) is 19.9 Å². The summed E-state index contributed by atoms with van der Waals surface area (Å²) >= 11 is 6.83. The molecule has 0 radical (unpaired) electrons. The van der Waals surface area contributed by atoms with Crippen molar-refractivity contribution in [1.29, 1.82) is 0 Å². The van der Waals surface area contributed by atoms with E-state index in [4.69, 9.17) is 25.4 Å². The normalized spacial score (nSPS) is 14.6. The van der Waals surface area contributed by atoms with Crippen LogP contribution < -0.4 is 30.3 Å². The molecule has 3 amide bonds. The Bertz CT molecular complexity index is 1380. The third-order valence-corrected chi connectivity index (χ3v) is 6.55. The summed E-state index contributed by atoms with van der Waals surface area (Å²) in [6.07, 6.45) is 6.69. The summed E-state index contributed by atoms with van der Waals surface area (Å²) in [6, 6.07) is 7.13. The maximum atomic E-state index is 12.6. The van der Waals surface area contributed by atoms with Crippen LogP contribution in [0.4, 0.5) is 4.79 Å². The number of rotatable bonds is 11. The van der Waals surface area contributed by atoms with Gasteiger partial charge in [0, 0.05) is 5.70 Å². The fourth-order valence-electron chi connectivity index (χ4n) is 3.67. The first-order chi connectivity index (χ1) is 19.2. The van der Waals surface area contributed by atoms with E-state index in [1.165, 1.54) is 13.3 Å². The molecule has 2 aromatic carbocycles. The van der Waals surface area contributed by atoms with Gasteiger partial charge in [-0.2, -0.15) is 5.10 Å². The van der Waals surface area contributed by atoms with Crippen molar-refractivity contribution in [1.82, 2.24) is 16.1 Å². The third-order valence-electron chi connectivity index (χ3n) is 5.37. The molecule has 11 nitrogen and oxygen atoms in total. The Morgan fingerprint density at radius 1 is 1.18 bits per heavy atom. The number of ether oxygens (including phenoxy) is 4. The van der Waals surface area contributed by atoms with Gasteiger partial charge in [-0.25, -0.2) is 15.0 Å². The molecule has 0 aromatic heterocycles. The van der Waals surface area contributed by atoms with Gasteiger partial charge in [0.25, 0.3) is 5.91 Å². The molecule has 1 atom stereocenters. The number of nitrogens with zero attached hydrogens (tertiary/aromatic N) is 1. The van der Waals surface area contributed by atoms with Gasteiger partial charge >= 0.3 is 12.0 Å². The van der Waals surface area contributed by atoms with Crippen LogP contribution in [0.2, 0.25) is 0 Å². The summed E-state index contributed by atoms with van der Waals surface area (Å²) in [6.45, 7) is 3.27. The van der Waals surface area contributed by atoms with Gasteiger partial charge in [0.2, 0.25) is 0 Å². The van der Waals surface area contributed by atoms with Gasteiger partial charge in [0.1, 0.15) is 12.4 Å². The highest BCUT2D eigenvalue weighted by Crippen LogP contribution is 2.35. The molecular weight excluding hydrogens is 652 g/mol. The lowest BCUT2D eigenvalue weighted by Gasteiger charge is -2.28. The number of hydrogen-bond donors (Lipinski definition) is 3. The predicted molar refractivity (Wildman–Crippen MR) is 154 cm³/mol. The lowest BCUT2D eigenvalue weighted by molar-refractivity contribution is -0.139. The van der Waals surface area contributed by atoms with Crippen molar-refractivity contribution >= 4 is 56.0 Å². The first-order valence-corrected chi connectivity index (χ1v) is 13.4. The monoisotopic (exact) mass is 676 g/mol. The van der Waals surface area contributed by atoms with E-state index in [0.717, 1.165) is 0 Å². The predicted octanol–water partition coefficient (Wildman–Crippen LogP) is 3.95. The average molecular weight is 678 g/mol. The van der Waals surface area contributed by atoms with Crippen LogP contribution in [0.5, 0.6) is 17.2 Å². The minimum atomic E-state index is -0.772. The molecule has 1 aliphatic rings. The number of carbonyl (C=O) groups excluding carboxylic acids is 3. The summed E-state index contributed by atoms with van der Waals surface area (Å²) in [5.41, 5.74) is 4.29. The number of esters is 1. The molecule has 2 aromatic rings. The van der Waals surface area contributed by atoms with Crippen LogP contribution >= 0.6 is 31.9 Å². The highest BCUT2D eigenvalue weighted by molar-refractivity contribution is 9.11. The van der Waals surface area contributed by atoms with Gasteiger partial charge in [-0.15, -0.1) is 6.42 Å². The number of methoxy groups -OCH3 is 1. The lowest BCUT2D eigenvalue weighted by Crippen LogP contribution is -2.45. The molecule has 210 valence electrons. The molecular formula is C27H26Br2N4O7. The van der Waals surface area contributed by atoms with Gasteiger partial charge in [0.05, 0.1) is 40.5 Å². The molecule has 40 heavy (non-hydrogen) atoms. The maximum absolute atomic E-state index is 12.6. The van der Waals surface area contributed by atoms with Crippen molar-refractivity contribution in [3.63, 3.8) is 0 Å². The van der Waals surface area contributed by atoms with Crippen LogP contribution in [0.1, 0.15) is 31.0 Å². The molecule has 1 heterocycles. The number of urea groups is 1. The minimum Gasteiger partial charge on any atom is -0.493 e. The van der Waals surface area contributed by atoms with Crippen molar-refractivity contribution < 1.29 is 33.3 Å². The van der Waals surface area contributed by atoms with Crippen LogP contribution in [-0.4, -0.2) is 51.1 Å². The zero-order chi connectivity index (χ0) is 29.2. The summed E-state index contributed by atoms with van der Waals surface area (Å²) < 4.78 is 23.0. The first kappa shape index (κ1) is 30.5. The van der Waals surface area contributed by atoms with E-state index >= 15 is 0 Å². The second-order valence-corrected chi connectivity index (χ2v) is 9.80. The molecule has 3 rings (SSSR count). The van der Waals surface area contributed by atoms with Gasteiger partial charge in [0.15, 0.2) is 18.1 Å². The van der Waals surface area contributed by atoms with E-state index in [1.807, 2.05) is 0 Å². The molecule has 0 saturated carbocycles. The average Bonchev–Trinajstić information content (AvgIpc) is 2.91. The Balaban J connectivity index is 1.66. The number of halogens is 2. The number of hydrogen-bond acceptors (Lipinski definition) is 8. The summed E-state index contributed by atoms with van der Waals surface area (Å²) in [7, 11) is 1.43. The second kappa shape index (κ2) is 14.4. The van der Waals surface area contributed by atoms with Gasteiger partial charge in [-0.05, 0) is 81.1 Å². The number of allylic oxidation sites excluding steroid dienone is 1. The number of benzene rings is 2. The van der Waals surface area contributed by atoms with Crippen LogP contribution in [-0.2, 0) is 14.3 Å². The fourth-order valence-corrected chi connectivity index (χ4v) is 5.12. The van der Waals surface area contributed by atoms with Crippen molar-refractivity contribution in [2.24, 2.45) is 5.10 Å². The Hall–Kier alpha value is -4.02. The van der Waals surface area contributed by atoms with E-state index in [9.17, 15) is 14.4 Å². The summed E-state index contributed by atoms with van der Waals surface area (Å²) in [5.74, 6) is 2.46. The van der Waals surface area contributed by atoms with Crippen LogP contribution in [0.25, 0.3) is 0 Å². The molecule has 0 spiro atoms. The second-order valence-electron chi connectivity index (χ2n) is 8.09. The SMILES string of the molecule is C#CCOc1c(Br)cc(/C=N\NC(=O)COc2ccc([C@H]3NC(=O)NC(C)=C3C(=O)OCC)cc2OC)cc1Br. The van der Waals surface area contributed by atoms with Crippen LogP contribution in [0.15, 0.2) is 55.6 Å². The standard InChI is InChI=1S/C27H26Br2N4O7/c1-5-9-39-25-18(28)10-16(11-19(25)29)13-30-33-22(34)14-40-20-8-7-17(12-21(20)37-4)24-23(26(35)38-6-2)15(3)31-27(36)32-24/h1,7-8,10-13,24H,6,9,14H2,2-4H3,(H,33,34)(H2,31,32,36)/b30-13-/t24-/m1/s1. The third kappa shape index (κ3) is 7.77. The van der Waals surface area contributed by atoms with Crippen molar-refractivity contribution in [3.8, 4) is 29.6 Å². The smallest absolute Gasteiger partial charge is 0.338 e. The highest BCUT2D eigenvalue weighted by Gasteiger charge is 2.32. The first-order valence-electron chi connectivity index (χ1n) is 11.8. The molecule has 0 aliphatic carbocycles. The van der Waals surface area contributed by atoms with E-state index in [1.54, 1.807) is 44.2 Å². The van der Waals surface area contributed by atoms with E-state index in [2.05, 4.69) is 58.9 Å². The molecule has 0 unspecified atom stereocenters. The minimum absolute atomic E-state index is 0.119. The van der Waals surface area contributed by atoms with Crippen LogP contribution in [0, 0.1) is 12.3 Å². The highest BCUT2D eigenvalue weighted by atomic mass is 79.9. The van der Waals surface area contributed by atoms with Crippen LogP contribution in [0.3, 0.4) is 0 Å². The zero-order valence-corrected chi connectivity index (χ0v) is 25.0. The zero-order valence-electron chi connectivity index (χ0n) is 21.8. The summed E-state index contributed by atoms with van der Waals surface area (Å²) in [5, 5.41) is 9.26. The fraction of sp³-hybridized carbons (Fsp3) is 0.259.